The van der Waals surface area contributed by atoms with Crippen molar-refractivity contribution in [3.63, 3.8) is 0 Å². The van der Waals surface area contributed by atoms with Gasteiger partial charge in [-0.2, -0.15) is 0 Å². The summed E-state index contributed by atoms with van der Waals surface area (Å²) in [6, 6.07) is 14.8. The number of carbonyl (C=O) groups is 1. The number of nitrogens with zero attached hydrogens (tertiary/aromatic N) is 1. The van der Waals surface area contributed by atoms with E-state index in [-0.39, 0.29) is 26.2 Å². The van der Waals surface area contributed by atoms with Crippen molar-refractivity contribution in [2.45, 2.75) is 32.2 Å². The van der Waals surface area contributed by atoms with Gasteiger partial charge in [0.25, 0.3) is 0 Å². The number of halogens is 1. The van der Waals surface area contributed by atoms with Crippen LogP contribution in [0.25, 0.3) is 9.65 Å². The molecular formula is C20H21ClN2O2Se. The average molecular weight is 436 g/mol. The zero-order valence-electron chi connectivity index (χ0n) is 14.4. The molecule has 1 N–H and O–H groups in total. The molecule has 4 nitrogen and oxygen atoms in total. The van der Waals surface area contributed by atoms with E-state index in [0.29, 0.717) is 17.1 Å². The van der Waals surface area contributed by atoms with Crippen molar-refractivity contribution in [1.29, 1.82) is 0 Å². The number of nitrogens with one attached hydrogen (secondary N) is 1. The van der Waals surface area contributed by atoms with Gasteiger partial charge >= 0.3 is 158 Å². The van der Waals surface area contributed by atoms with E-state index < -0.39 is 0 Å². The molecular weight excluding hydrogens is 415 g/mol. The van der Waals surface area contributed by atoms with Gasteiger partial charge in [0.2, 0.25) is 0 Å². The molecule has 136 valence electrons. The van der Waals surface area contributed by atoms with Crippen LogP contribution in [0, 0.1) is 0 Å². The maximum absolute atomic E-state index is 12.4. The van der Waals surface area contributed by atoms with E-state index in [4.69, 9.17) is 11.6 Å². The van der Waals surface area contributed by atoms with Gasteiger partial charge in [-0.05, 0) is 0 Å². The molecule has 3 aromatic rings. The summed E-state index contributed by atoms with van der Waals surface area (Å²) in [5.74, 6) is -0.0226. The molecule has 1 amide bonds. The van der Waals surface area contributed by atoms with E-state index in [0.717, 1.165) is 41.9 Å². The van der Waals surface area contributed by atoms with Crippen molar-refractivity contribution in [2.24, 2.45) is 0 Å². The fourth-order valence-corrected chi connectivity index (χ4v) is 5.35. The van der Waals surface area contributed by atoms with Gasteiger partial charge in [-0.15, -0.1) is 0 Å². The van der Waals surface area contributed by atoms with Crippen LogP contribution in [-0.2, 0) is 6.54 Å². The second kappa shape index (κ2) is 9.22. The first-order valence-electron chi connectivity index (χ1n) is 8.78. The Morgan fingerprint density at radius 2 is 1.77 bits per heavy atom. The molecule has 0 aliphatic rings. The van der Waals surface area contributed by atoms with Crippen LogP contribution in [0.4, 0.5) is 0 Å². The number of hydrogen-bond acceptors (Lipinski definition) is 2. The molecule has 26 heavy (non-hydrogen) atoms. The Balaban J connectivity index is 1.37. The summed E-state index contributed by atoms with van der Waals surface area (Å²) in [5, 5.41) is 4.41. The number of hydrogen-bond donors (Lipinski definition) is 1. The third kappa shape index (κ3) is 4.67. The molecule has 3 rings (SSSR count). The van der Waals surface area contributed by atoms with Crippen molar-refractivity contribution in [3.8, 4) is 0 Å². The molecule has 6 heteroatoms. The first-order chi connectivity index (χ1) is 12.7. The summed E-state index contributed by atoms with van der Waals surface area (Å²) in [5.41, 5.74) is 0.804. The Morgan fingerprint density at radius 1 is 1.00 bits per heavy atom. The Bertz CT molecular complexity index is 934. The molecule has 0 unspecified atom stereocenters. The SMILES string of the molecule is O=C(NCCCCCCn1[se]c2c(Cl)cccc2c1=O)c1ccccc1. The van der Waals surface area contributed by atoms with E-state index in [1.54, 1.807) is 0 Å². The molecule has 0 spiro atoms. The minimum atomic E-state index is -0.0226. The van der Waals surface area contributed by atoms with Crippen LogP contribution in [0.3, 0.4) is 0 Å². The predicted octanol–water partition coefficient (Wildman–Crippen LogP) is 3.70. The van der Waals surface area contributed by atoms with Gasteiger partial charge in [0.05, 0.1) is 0 Å². The number of aryl methyl sites for hydroxylation is 1. The number of fused-ring (bicyclic) bond motifs is 1. The fraction of sp³-hybridized carbons (Fsp3) is 0.300. The molecule has 0 saturated heterocycles. The molecule has 2 aromatic carbocycles. The Hall–Kier alpha value is -1.81. The molecule has 0 atom stereocenters. The predicted molar refractivity (Wildman–Crippen MR) is 107 cm³/mol. The molecule has 0 saturated carbocycles. The monoisotopic (exact) mass is 436 g/mol. The molecule has 0 bridgehead atoms. The van der Waals surface area contributed by atoms with Gasteiger partial charge in [-0.3, -0.25) is 0 Å². The first-order valence-corrected chi connectivity index (χ1v) is 10.8. The normalized spacial score (nSPS) is 11.0. The average Bonchev–Trinajstić information content (AvgIpc) is 2.99. The van der Waals surface area contributed by atoms with E-state index in [1.165, 1.54) is 0 Å². The van der Waals surface area contributed by atoms with Crippen molar-refractivity contribution >= 4 is 41.9 Å². The summed E-state index contributed by atoms with van der Waals surface area (Å²) in [7, 11) is 0. The van der Waals surface area contributed by atoms with Crippen molar-refractivity contribution < 1.29 is 4.79 Å². The van der Waals surface area contributed by atoms with Gasteiger partial charge in [0, 0.05) is 0 Å². The van der Waals surface area contributed by atoms with E-state index >= 15 is 0 Å². The molecule has 1 aromatic heterocycles. The molecule has 0 aliphatic carbocycles. The summed E-state index contributed by atoms with van der Waals surface area (Å²) in [4.78, 5) is 24.3. The number of rotatable bonds is 8. The molecule has 1 heterocycles. The first kappa shape index (κ1) is 19.0. The van der Waals surface area contributed by atoms with Crippen LogP contribution in [-0.4, -0.2) is 30.7 Å². The van der Waals surface area contributed by atoms with Gasteiger partial charge in [-0.1, -0.05) is 6.07 Å². The number of unbranched alkanes of at least 4 members (excludes halogenated alkanes) is 3. The molecule has 0 fully saturated rings. The van der Waals surface area contributed by atoms with Gasteiger partial charge in [-0.25, -0.2) is 0 Å². The number of carbonyl (C=O) groups excluding carboxylic acids is 1. The van der Waals surface area contributed by atoms with Crippen LogP contribution >= 0.6 is 11.6 Å². The van der Waals surface area contributed by atoms with Gasteiger partial charge in [0.1, 0.15) is 0 Å². The maximum atomic E-state index is 12.4. The van der Waals surface area contributed by atoms with Crippen molar-refractivity contribution in [3.05, 3.63) is 69.5 Å². The van der Waals surface area contributed by atoms with E-state index in [9.17, 15) is 9.59 Å². The molecule has 0 aliphatic heterocycles. The van der Waals surface area contributed by atoms with Crippen LogP contribution in [0.1, 0.15) is 36.0 Å². The summed E-state index contributed by atoms with van der Waals surface area (Å²) < 4.78 is 2.94. The quantitative estimate of drug-likeness (QED) is 0.433. The van der Waals surface area contributed by atoms with Gasteiger partial charge in [0.15, 0.2) is 0 Å². The second-order valence-corrected chi connectivity index (χ2v) is 8.72. The zero-order chi connectivity index (χ0) is 18.4. The second-order valence-electron chi connectivity index (χ2n) is 6.15. The summed E-state index contributed by atoms with van der Waals surface area (Å²) in [6.45, 7) is 1.46. The van der Waals surface area contributed by atoms with Crippen molar-refractivity contribution in [2.75, 3.05) is 6.54 Å². The van der Waals surface area contributed by atoms with Crippen LogP contribution in [0.15, 0.2) is 53.3 Å². The zero-order valence-corrected chi connectivity index (χ0v) is 16.9. The molecule has 0 radical (unpaired) electrons. The van der Waals surface area contributed by atoms with E-state index in [2.05, 4.69) is 5.32 Å². The number of benzene rings is 2. The number of aromatic nitrogens is 1. The number of amides is 1. The van der Waals surface area contributed by atoms with Crippen LogP contribution in [0.5, 0.6) is 0 Å². The minimum absolute atomic E-state index is 0.00554. The Kier molecular flexibility index (Phi) is 6.73. The van der Waals surface area contributed by atoms with Crippen molar-refractivity contribution in [1.82, 2.24) is 8.88 Å². The fourth-order valence-electron chi connectivity index (χ4n) is 2.83. The summed E-state index contributed by atoms with van der Waals surface area (Å²) in [6.07, 6.45) is 4.01. The van der Waals surface area contributed by atoms with Crippen LogP contribution < -0.4 is 10.9 Å². The van der Waals surface area contributed by atoms with Gasteiger partial charge < -0.3 is 0 Å². The third-order valence-corrected chi connectivity index (χ3v) is 7.30. The third-order valence-electron chi connectivity index (χ3n) is 4.23. The topological polar surface area (TPSA) is 51.1 Å². The van der Waals surface area contributed by atoms with Crippen LogP contribution in [0.2, 0.25) is 5.02 Å². The standard InChI is InChI=1S/C20H21ClN2O2Se/c21-17-12-8-11-16-18(17)26-23(20(16)25)14-7-2-1-6-13-22-19(24)15-9-4-3-5-10-15/h3-5,8-12H,1-2,6-7,13-14H2,(H,22,24). The van der Waals surface area contributed by atoms with E-state index in [1.807, 2.05) is 52.1 Å². The summed E-state index contributed by atoms with van der Waals surface area (Å²) >= 11 is 6.19. The Morgan fingerprint density at radius 3 is 2.54 bits per heavy atom. The Labute approximate surface area is 163 Å².